The minimum absolute atomic E-state index is 1.11. The van der Waals surface area contributed by atoms with Crippen molar-refractivity contribution in [3.63, 3.8) is 0 Å². The molecule has 246 valence electrons. The Morgan fingerprint density at radius 1 is 0.404 bits per heavy atom. The number of hydrogen-bond acceptors (Lipinski definition) is 1. The highest BCUT2D eigenvalue weighted by Gasteiger charge is 2.22. The molecule has 2 heteroatoms. The average Bonchev–Trinajstić information content (AvgIpc) is 3.58. The Morgan fingerprint density at radius 3 is 1.69 bits per heavy atom. The smallest absolute Gasteiger partial charge is 0.0619 e. The van der Waals surface area contributed by atoms with E-state index in [2.05, 4.69) is 228 Å². The summed E-state index contributed by atoms with van der Waals surface area (Å²) >= 11 is 0. The van der Waals surface area contributed by atoms with Crippen molar-refractivity contribution < 1.29 is 0 Å². The van der Waals surface area contributed by atoms with Crippen molar-refractivity contribution in [1.82, 2.24) is 4.57 Å². The predicted octanol–water partition coefficient (Wildman–Crippen LogP) is 13.8. The van der Waals surface area contributed by atoms with Crippen LogP contribution in [0.5, 0.6) is 0 Å². The molecule has 0 fully saturated rings. The van der Waals surface area contributed by atoms with Gasteiger partial charge in [0.05, 0.1) is 11.2 Å². The lowest BCUT2D eigenvalue weighted by Gasteiger charge is -2.26. The van der Waals surface area contributed by atoms with E-state index in [1.54, 1.807) is 0 Å². The Labute approximate surface area is 304 Å². The van der Waals surface area contributed by atoms with Crippen LogP contribution in [0.25, 0.3) is 61.9 Å². The maximum atomic E-state index is 2.44. The number of hydrogen-bond donors (Lipinski definition) is 0. The maximum absolute atomic E-state index is 2.44. The Morgan fingerprint density at radius 2 is 0.981 bits per heavy atom. The highest BCUT2D eigenvalue weighted by molar-refractivity contribution is 6.08. The summed E-state index contributed by atoms with van der Waals surface area (Å²) in [6, 6.07) is 73.6. The van der Waals surface area contributed by atoms with Gasteiger partial charge in [-0.3, -0.25) is 0 Å². The number of rotatable bonds is 8. The topological polar surface area (TPSA) is 8.17 Å². The lowest BCUT2D eigenvalue weighted by atomic mass is 9.97. The Balaban J connectivity index is 1.16. The summed E-state index contributed by atoms with van der Waals surface area (Å²) < 4.78 is 2.44. The molecule has 9 rings (SSSR count). The molecule has 52 heavy (non-hydrogen) atoms. The van der Waals surface area contributed by atoms with Gasteiger partial charge < -0.3 is 9.47 Å². The van der Waals surface area contributed by atoms with Crippen LogP contribution < -0.4 is 4.90 Å². The van der Waals surface area contributed by atoms with Gasteiger partial charge in [0.25, 0.3) is 0 Å². The molecule has 0 radical (unpaired) electrons. The first-order chi connectivity index (χ1) is 25.8. The summed E-state index contributed by atoms with van der Waals surface area (Å²) in [5, 5.41) is 3.68. The summed E-state index contributed by atoms with van der Waals surface area (Å²) in [7, 11) is 0. The zero-order chi connectivity index (χ0) is 34.7. The lowest BCUT2D eigenvalue weighted by molar-refractivity contribution is 1.13. The van der Waals surface area contributed by atoms with E-state index in [4.69, 9.17) is 0 Å². The van der Waals surface area contributed by atoms with E-state index in [9.17, 15) is 0 Å². The van der Waals surface area contributed by atoms with Crippen LogP contribution >= 0.6 is 0 Å². The van der Waals surface area contributed by atoms with Gasteiger partial charge in [-0.15, -0.1) is 0 Å². The molecule has 0 aliphatic rings. The lowest BCUT2D eigenvalue weighted by Crippen LogP contribution is -2.09. The monoisotopic (exact) mass is 664 g/mol. The summed E-state index contributed by atoms with van der Waals surface area (Å²) in [5.74, 6) is 0. The zero-order valence-corrected chi connectivity index (χ0v) is 28.7. The number of fused-ring (bicyclic) bond motifs is 2. The fourth-order valence-electron chi connectivity index (χ4n) is 7.36. The molecular formula is C50H36N2. The summed E-state index contributed by atoms with van der Waals surface area (Å²) in [5.41, 5.74) is 12.8. The van der Waals surface area contributed by atoms with Crippen LogP contribution in [-0.2, 0) is 0 Å². The van der Waals surface area contributed by atoms with Gasteiger partial charge in [0.1, 0.15) is 0 Å². The largest absolute Gasteiger partial charge is 0.310 e. The molecule has 0 spiro atoms. The van der Waals surface area contributed by atoms with E-state index in [-0.39, 0.29) is 0 Å². The molecule has 1 heterocycles. The average molecular weight is 665 g/mol. The second-order valence-corrected chi connectivity index (χ2v) is 13.0. The first kappa shape index (κ1) is 31.1. The molecule has 8 aromatic carbocycles. The van der Waals surface area contributed by atoms with Crippen LogP contribution in [0.3, 0.4) is 0 Å². The fourth-order valence-corrected chi connectivity index (χ4v) is 7.36. The Kier molecular flexibility index (Phi) is 8.24. The van der Waals surface area contributed by atoms with Crippen molar-refractivity contribution in [2.24, 2.45) is 0 Å². The van der Waals surface area contributed by atoms with Crippen LogP contribution in [0.15, 0.2) is 206 Å². The number of para-hydroxylation sites is 3. The van der Waals surface area contributed by atoms with Gasteiger partial charge in [-0.05, 0) is 81.6 Å². The quantitative estimate of drug-likeness (QED) is 0.147. The van der Waals surface area contributed by atoms with Gasteiger partial charge in [0, 0.05) is 33.7 Å². The normalized spacial score (nSPS) is 11.4. The number of benzene rings is 8. The van der Waals surface area contributed by atoms with E-state index in [0.717, 1.165) is 33.9 Å². The molecule has 0 amide bonds. The van der Waals surface area contributed by atoms with Gasteiger partial charge in [0.15, 0.2) is 0 Å². The fraction of sp³-hybridized carbons (Fsp3) is 0. The Bertz CT molecular complexity index is 2640. The zero-order valence-electron chi connectivity index (χ0n) is 28.7. The van der Waals surface area contributed by atoms with Crippen molar-refractivity contribution in [2.75, 3.05) is 4.90 Å². The Hall–Kier alpha value is -6.90. The molecule has 1 aromatic heterocycles. The second kappa shape index (κ2) is 13.8. The molecule has 2 nitrogen and oxygen atoms in total. The van der Waals surface area contributed by atoms with Crippen LogP contribution in [0.1, 0.15) is 11.1 Å². The minimum Gasteiger partial charge on any atom is -0.310 e. The third kappa shape index (κ3) is 5.87. The molecule has 0 saturated heterocycles. The molecule has 9 aromatic rings. The van der Waals surface area contributed by atoms with Crippen molar-refractivity contribution in [3.05, 3.63) is 217 Å². The van der Waals surface area contributed by atoms with Gasteiger partial charge in [-0.25, -0.2) is 0 Å². The molecule has 0 unspecified atom stereocenters. The number of anilines is 3. The van der Waals surface area contributed by atoms with Crippen molar-refractivity contribution in [1.29, 1.82) is 0 Å². The molecule has 0 N–H and O–H groups in total. The van der Waals surface area contributed by atoms with E-state index >= 15 is 0 Å². The molecule has 0 saturated carbocycles. The van der Waals surface area contributed by atoms with E-state index in [1.807, 2.05) is 0 Å². The van der Waals surface area contributed by atoms with Gasteiger partial charge in [-0.2, -0.15) is 0 Å². The SMILES string of the molecule is C(=C\c1cccc2c(-c3ccccc3)c(-c3ccccc3)n(-c3ccccc3)c12)/c1ccc(N(c2ccccc2)c2ccc3ccccc3c2)cc1. The molecular weight excluding hydrogens is 629 g/mol. The van der Waals surface area contributed by atoms with Crippen molar-refractivity contribution >= 4 is 50.9 Å². The van der Waals surface area contributed by atoms with E-state index < -0.39 is 0 Å². The number of aromatic nitrogens is 1. The second-order valence-electron chi connectivity index (χ2n) is 13.0. The van der Waals surface area contributed by atoms with Gasteiger partial charge >= 0.3 is 0 Å². The van der Waals surface area contributed by atoms with Crippen LogP contribution in [0.4, 0.5) is 17.1 Å². The van der Waals surface area contributed by atoms with Gasteiger partial charge in [-0.1, -0.05) is 170 Å². The molecule has 0 atom stereocenters. The van der Waals surface area contributed by atoms with E-state index in [1.165, 1.54) is 44.1 Å². The molecule has 0 aliphatic heterocycles. The maximum Gasteiger partial charge on any atom is 0.0619 e. The standard InChI is InChI=1S/C50H36N2/c1-5-17-39(18-6-1)48-47-27-15-22-41(49(47)52(44-25-11-4-12-26-44)50(48)40-19-7-2-8-20-40)31-28-37-29-33-45(34-30-37)51(43-23-9-3-10-24-43)46-35-32-38-16-13-14-21-42(38)36-46/h1-36H/b31-28+. The van der Waals surface area contributed by atoms with Crippen molar-refractivity contribution in [3.8, 4) is 28.1 Å². The predicted molar refractivity (Wildman–Crippen MR) is 222 cm³/mol. The summed E-state index contributed by atoms with van der Waals surface area (Å²) in [4.78, 5) is 2.32. The van der Waals surface area contributed by atoms with Crippen LogP contribution in [0, 0.1) is 0 Å². The molecule has 0 aliphatic carbocycles. The highest BCUT2D eigenvalue weighted by atomic mass is 15.1. The molecule has 0 bridgehead atoms. The minimum atomic E-state index is 1.11. The summed E-state index contributed by atoms with van der Waals surface area (Å²) in [6.07, 6.45) is 4.49. The van der Waals surface area contributed by atoms with Gasteiger partial charge in [0.2, 0.25) is 0 Å². The van der Waals surface area contributed by atoms with Crippen LogP contribution in [0.2, 0.25) is 0 Å². The third-order valence-electron chi connectivity index (χ3n) is 9.76. The van der Waals surface area contributed by atoms with Crippen LogP contribution in [-0.4, -0.2) is 4.57 Å². The summed E-state index contributed by atoms with van der Waals surface area (Å²) in [6.45, 7) is 0. The first-order valence-corrected chi connectivity index (χ1v) is 17.8. The van der Waals surface area contributed by atoms with Crippen molar-refractivity contribution in [2.45, 2.75) is 0 Å². The third-order valence-corrected chi connectivity index (χ3v) is 9.76. The first-order valence-electron chi connectivity index (χ1n) is 17.8. The van der Waals surface area contributed by atoms with E-state index in [0.29, 0.717) is 0 Å². The highest BCUT2D eigenvalue weighted by Crippen LogP contribution is 2.44. The number of nitrogens with zero attached hydrogens (tertiary/aromatic N) is 2.